The normalized spacial score (nSPS) is 15.4. The fraction of sp³-hybridized carbons (Fsp3) is 0.471. The first-order valence-corrected chi connectivity index (χ1v) is 9.42. The summed E-state index contributed by atoms with van der Waals surface area (Å²) in [7, 11) is 2.13. The number of nitrogens with one attached hydrogen (secondary N) is 1. The summed E-state index contributed by atoms with van der Waals surface area (Å²) in [5.41, 5.74) is 1.91. The quantitative estimate of drug-likeness (QED) is 0.790. The Morgan fingerprint density at radius 3 is 2.72 bits per heavy atom. The summed E-state index contributed by atoms with van der Waals surface area (Å²) in [5.74, 6) is 0.744. The van der Waals surface area contributed by atoms with Crippen LogP contribution in [-0.2, 0) is 11.2 Å². The highest BCUT2D eigenvalue weighted by Gasteiger charge is 2.18. The van der Waals surface area contributed by atoms with Gasteiger partial charge in [-0.05, 0) is 19.2 Å². The third kappa shape index (κ3) is 4.73. The van der Waals surface area contributed by atoms with Gasteiger partial charge in [-0.1, -0.05) is 30.8 Å². The molecular weight excluding hydrogens is 338 g/mol. The SMILES string of the molecule is CCc1nnc(SCC(=O)Nc2ccccc2N2CCN(C)CC2)o1. The highest BCUT2D eigenvalue weighted by molar-refractivity contribution is 7.99. The Labute approximate surface area is 151 Å². The lowest BCUT2D eigenvalue weighted by molar-refractivity contribution is -0.113. The molecule has 1 fully saturated rings. The number of aryl methyl sites for hydroxylation is 1. The molecule has 1 aliphatic heterocycles. The van der Waals surface area contributed by atoms with E-state index < -0.39 is 0 Å². The molecule has 3 rings (SSSR count). The number of carbonyl (C=O) groups is 1. The predicted octanol–water partition coefficient (Wildman–Crippen LogP) is 2.11. The van der Waals surface area contributed by atoms with Crippen LogP contribution in [0.2, 0.25) is 0 Å². The molecule has 0 bridgehead atoms. The van der Waals surface area contributed by atoms with Gasteiger partial charge in [-0.15, -0.1) is 10.2 Å². The van der Waals surface area contributed by atoms with Crippen LogP contribution < -0.4 is 10.2 Å². The Hall–Kier alpha value is -2.06. The van der Waals surface area contributed by atoms with Crippen LogP contribution in [0.5, 0.6) is 0 Å². The van der Waals surface area contributed by atoms with Gasteiger partial charge in [0.1, 0.15) is 0 Å². The first-order valence-electron chi connectivity index (χ1n) is 8.43. The second-order valence-electron chi connectivity index (χ2n) is 5.96. The zero-order valence-electron chi connectivity index (χ0n) is 14.6. The smallest absolute Gasteiger partial charge is 0.277 e. The Balaban J connectivity index is 1.59. The van der Waals surface area contributed by atoms with Gasteiger partial charge >= 0.3 is 0 Å². The number of hydrogen-bond acceptors (Lipinski definition) is 7. The molecular formula is C17H23N5O2S. The molecule has 134 valence electrons. The number of piperazine rings is 1. The average molecular weight is 361 g/mol. The molecule has 1 N–H and O–H groups in total. The predicted molar refractivity (Wildman–Crippen MR) is 99.2 cm³/mol. The van der Waals surface area contributed by atoms with E-state index in [0.717, 1.165) is 37.6 Å². The summed E-state index contributed by atoms with van der Waals surface area (Å²) in [4.78, 5) is 16.9. The molecule has 2 aromatic rings. The van der Waals surface area contributed by atoms with E-state index in [1.54, 1.807) is 0 Å². The molecule has 1 saturated heterocycles. The van der Waals surface area contributed by atoms with Crippen molar-refractivity contribution in [3.05, 3.63) is 30.2 Å². The van der Waals surface area contributed by atoms with Crippen molar-refractivity contribution in [1.82, 2.24) is 15.1 Å². The molecule has 0 atom stereocenters. The number of aromatic nitrogens is 2. The summed E-state index contributed by atoms with van der Waals surface area (Å²) in [6.07, 6.45) is 0.693. The van der Waals surface area contributed by atoms with E-state index in [1.165, 1.54) is 11.8 Å². The first-order chi connectivity index (χ1) is 12.2. The first kappa shape index (κ1) is 17.8. The molecule has 2 heterocycles. The van der Waals surface area contributed by atoms with Crippen molar-refractivity contribution >= 4 is 29.0 Å². The maximum Gasteiger partial charge on any atom is 0.277 e. The van der Waals surface area contributed by atoms with E-state index in [4.69, 9.17) is 4.42 Å². The second-order valence-corrected chi connectivity index (χ2v) is 6.89. The number of likely N-dealkylation sites (N-methyl/N-ethyl adjacent to an activating group) is 1. The Kier molecular flexibility index (Phi) is 5.93. The lowest BCUT2D eigenvalue weighted by Crippen LogP contribution is -2.44. The van der Waals surface area contributed by atoms with Crippen LogP contribution in [0.25, 0.3) is 0 Å². The van der Waals surface area contributed by atoms with Crippen molar-refractivity contribution in [2.75, 3.05) is 49.2 Å². The number of rotatable bonds is 6. The maximum atomic E-state index is 12.3. The highest BCUT2D eigenvalue weighted by atomic mass is 32.2. The lowest BCUT2D eigenvalue weighted by atomic mass is 10.2. The standard InChI is InChI=1S/C17H23N5O2S/c1-3-16-19-20-17(24-16)25-12-15(23)18-13-6-4-5-7-14(13)22-10-8-21(2)9-11-22/h4-7H,3,8-12H2,1-2H3,(H,18,23). The van der Waals surface area contributed by atoms with Gasteiger partial charge < -0.3 is 19.5 Å². The lowest BCUT2D eigenvalue weighted by Gasteiger charge is -2.35. The number of thioether (sulfide) groups is 1. The summed E-state index contributed by atoms with van der Waals surface area (Å²) >= 11 is 1.25. The number of anilines is 2. The molecule has 0 saturated carbocycles. The number of benzene rings is 1. The molecule has 0 aliphatic carbocycles. The van der Waals surface area contributed by atoms with Crippen molar-refractivity contribution in [3.63, 3.8) is 0 Å². The molecule has 0 unspecified atom stereocenters. The van der Waals surface area contributed by atoms with Gasteiger partial charge in [-0.3, -0.25) is 4.79 Å². The molecule has 25 heavy (non-hydrogen) atoms. The Bertz CT molecular complexity index is 713. The molecule has 0 spiro atoms. The van der Waals surface area contributed by atoms with E-state index in [9.17, 15) is 4.79 Å². The van der Waals surface area contributed by atoms with Gasteiger partial charge in [0, 0.05) is 32.6 Å². The molecule has 7 nitrogen and oxygen atoms in total. The number of para-hydroxylation sites is 2. The minimum atomic E-state index is -0.0807. The van der Waals surface area contributed by atoms with Gasteiger partial charge in [0.15, 0.2) is 0 Å². The molecule has 1 aliphatic rings. The second kappa shape index (κ2) is 8.35. The molecule has 1 aromatic carbocycles. The maximum absolute atomic E-state index is 12.3. The van der Waals surface area contributed by atoms with Crippen LogP contribution in [0.15, 0.2) is 33.9 Å². The molecule has 1 amide bonds. The van der Waals surface area contributed by atoms with E-state index in [2.05, 4.69) is 38.4 Å². The molecule has 8 heteroatoms. The van der Waals surface area contributed by atoms with Crippen molar-refractivity contribution in [3.8, 4) is 0 Å². The number of carbonyl (C=O) groups excluding carboxylic acids is 1. The molecule has 0 radical (unpaired) electrons. The number of nitrogens with zero attached hydrogens (tertiary/aromatic N) is 4. The zero-order chi connectivity index (χ0) is 17.6. The number of amides is 1. The van der Waals surface area contributed by atoms with Crippen molar-refractivity contribution in [2.45, 2.75) is 18.6 Å². The largest absolute Gasteiger partial charge is 0.416 e. The third-order valence-corrected chi connectivity index (χ3v) is 4.92. The highest BCUT2D eigenvalue weighted by Crippen LogP contribution is 2.27. The summed E-state index contributed by atoms with van der Waals surface area (Å²) < 4.78 is 5.41. The van der Waals surface area contributed by atoms with Gasteiger partial charge in [-0.2, -0.15) is 0 Å². The summed E-state index contributed by atoms with van der Waals surface area (Å²) in [6.45, 7) is 5.91. The summed E-state index contributed by atoms with van der Waals surface area (Å²) in [6, 6.07) is 7.94. The van der Waals surface area contributed by atoms with Gasteiger partial charge in [-0.25, -0.2) is 0 Å². The third-order valence-electron chi connectivity index (χ3n) is 4.10. The van der Waals surface area contributed by atoms with Crippen LogP contribution in [-0.4, -0.2) is 60.0 Å². The van der Waals surface area contributed by atoms with Crippen LogP contribution in [0.4, 0.5) is 11.4 Å². The zero-order valence-corrected chi connectivity index (χ0v) is 15.4. The summed E-state index contributed by atoms with van der Waals surface area (Å²) in [5, 5.41) is 11.3. The van der Waals surface area contributed by atoms with Crippen LogP contribution in [0.3, 0.4) is 0 Å². The van der Waals surface area contributed by atoms with Crippen molar-refractivity contribution in [2.24, 2.45) is 0 Å². The van der Waals surface area contributed by atoms with E-state index in [-0.39, 0.29) is 11.7 Å². The van der Waals surface area contributed by atoms with Crippen molar-refractivity contribution < 1.29 is 9.21 Å². The topological polar surface area (TPSA) is 74.5 Å². The van der Waals surface area contributed by atoms with Crippen LogP contribution in [0.1, 0.15) is 12.8 Å². The minimum Gasteiger partial charge on any atom is -0.416 e. The minimum absolute atomic E-state index is 0.0807. The van der Waals surface area contributed by atoms with Crippen LogP contribution >= 0.6 is 11.8 Å². The Morgan fingerprint density at radius 2 is 2.00 bits per heavy atom. The number of hydrogen-bond donors (Lipinski definition) is 1. The van der Waals surface area contributed by atoms with Gasteiger partial charge in [0.05, 0.1) is 17.1 Å². The fourth-order valence-corrected chi connectivity index (χ4v) is 3.24. The van der Waals surface area contributed by atoms with E-state index in [0.29, 0.717) is 17.5 Å². The van der Waals surface area contributed by atoms with Crippen molar-refractivity contribution in [1.29, 1.82) is 0 Å². The van der Waals surface area contributed by atoms with Crippen LogP contribution in [0, 0.1) is 0 Å². The van der Waals surface area contributed by atoms with E-state index in [1.807, 2.05) is 25.1 Å². The van der Waals surface area contributed by atoms with Gasteiger partial charge in [0.25, 0.3) is 5.22 Å². The Morgan fingerprint density at radius 1 is 1.24 bits per heavy atom. The monoisotopic (exact) mass is 361 g/mol. The van der Waals surface area contributed by atoms with Gasteiger partial charge in [0.2, 0.25) is 11.8 Å². The van der Waals surface area contributed by atoms with E-state index >= 15 is 0 Å². The average Bonchev–Trinajstić information content (AvgIpc) is 3.09. The molecule has 1 aromatic heterocycles. The fourth-order valence-electron chi connectivity index (χ4n) is 2.66.